The van der Waals surface area contributed by atoms with Crippen LogP contribution in [0.3, 0.4) is 0 Å². The Morgan fingerprint density at radius 2 is 2.27 bits per heavy atom. The van der Waals surface area contributed by atoms with Crippen LogP contribution in [0.25, 0.3) is 0 Å². The number of ether oxygens (including phenoxy) is 1. The largest absolute Gasteiger partial charge is 0.383 e. The molecule has 0 aliphatic heterocycles. The minimum Gasteiger partial charge on any atom is -0.383 e. The van der Waals surface area contributed by atoms with Crippen molar-refractivity contribution < 1.29 is 9.53 Å². The number of hydrogen-bond donors (Lipinski definition) is 1. The van der Waals surface area contributed by atoms with Crippen LogP contribution in [0.4, 0.5) is 0 Å². The third kappa shape index (κ3) is 7.49. The summed E-state index contributed by atoms with van der Waals surface area (Å²) in [6.45, 7) is 3.91. The van der Waals surface area contributed by atoms with Crippen molar-refractivity contribution in [1.29, 1.82) is 0 Å². The third-order valence-electron chi connectivity index (χ3n) is 1.33. The summed E-state index contributed by atoms with van der Waals surface area (Å²) in [7, 11) is 1.65. The first-order valence-corrected chi connectivity index (χ1v) is 4.02. The smallest absolute Gasteiger partial charge is 0.146 e. The zero-order valence-corrected chi connectivity index (χ0v) is 7.35. The van der Waals surface area contributed by atoms with E-state index in [-0.39, 0.29) is 5.78 Å². The van der Waals surface area contributed by atoms with E-state index in [0.29, 0.717) is 19.6 Å². The first kappa shape index (κ1) is 10.6. The summed E-state index contributed by atoms with van der Waals surface area (Å²) in [5.41, 5.74) is 0. The van der Waals surface area contributed by atoms with Gasteiger partial charge in [-0.25, -0.2) is 0 Å². The Labute approximate surface area is 68.1 Å². The highest BCUT2D eigenvalue weighted by Crippen LogP contribution is 1.86. The third-order valence-corrected chi connectivity index (χ3v) is 1.33. The first-order valence-electron chi connectivity index (χ1n) is 4.02. The molecule has 0 aromatic rings. The van der Waals surface area contributed by atoms with Crippen molar-refractivity contribution in [1.82, 2.24) is 5.32 Å². The summed E-state index contributed by atoms with van der Waals surface area (Å²) in [5, 5.41) is 3.00. The van der Waals surface area contributed by atoms with Gasteiger partial charge in [0.25, 0.3) is 0 Å². The minimum atomic E-state index is 0.281. The maximum atomic E-state index is 10.9. The van der Waals surface area contributed by atoms with Crippen molar-refractivity contribution in [2.24, 2.45) is 0 Å². The Morgan fingerprint density at radius 3 is 2.82 bits per heavy atom. The molecule has 0 spiro atoms. The van der Waals surface area contributed by atoms with Gasteiger partial charge in [-0.3, -0.25) is 4.79 Å². The number of methoxy groups -OCH3 is 1. The molecule has 0 bridgehead atoms. The van der Waals surface area contributed by atoms with Gasteiger partial charge in [-0.15, -0.1) is 0 Å². The predicted molar refractivity (Wildman–Crippen MR) is 44.7 cm³/mol. The topological polar surface area (TPSA) is 38.3 Å². The molecule has 66 valence electrons. The molecule has 0 aromatic heterocycles. The van der Waals surface area contributed by atoms with Crippen LogP contribution >= 0.6 is 0 Å². The molecule has 1 N–H and O–H groups in total. The maximum Gasteiger partial charge on any atom is 0.146 e. The highest BCUT2D eigenvalue weighted by Gasteiger charge is 1.97. The zero-order chi connectivity index (χ0) is 8.53. The molecule has 0 fully saturated rings. The Bertz CT molecular complexity index is 104. The molecule has 3 nitrogen and oxygen atoms in total. The second-order valence-corrected chi connectivity index (χ2v) is 2.46. The van der Waals surface area contributed by atoms with Crippen LogP contribution in [0, 0.1) is 0 Å². The van der Waals surface area contributed by atoms with Crippen molar-refractivity contribution in [3.8, 4) is 0 Å². The molecule has 0 heterocycles. The summed E-state index contributed by atoms with van der Waals surface area (Å²) in [5.74, 6) is 0.281. The first-order chi connectivity index (χ1) is 5.31. The molecule has 0 saturated heterocycles. The number of carbonyl (C=O) groups is 1. The number of Topliss-reactive ketones (excluding diaryl/α,β-unsaturated/α-hetero) is 1. The van der Waals surface area contributed by atoms with Crippen molar-refractivity contribution in [3.05, 3.63) is 0 Å². The Morgan fingerprint density at radius 1 is 1.55 bits per heavy atom. The van der Waals surface area contributed by atoms with Crippen molar-refractivity contribution >= 4 is 5.78 Å². The van der Waals surface area contributed by atoms with Gasteiger partial charge in [0.15, 0.2) is 0 Å². The standard InChI is InChI=1S/C8H17NO2/c1-3-4-8(10)7-9-5-6-11-2/h9H,3-7H2,1-2H3. The van der Waals surface area contributed by atoms with Crippen LogP contribution in [0.1, 0.15) is 19.8 Å². The number of carbonyl (C=O) groups excluding carboxylic acids is 1. The zero-order valence-electron chi connectivity index (χ0n) is 7.35. The van der Waals surface area contributed by atoms with Gasteiger partial charge in [0.2, 0.25) is 0 Å². The highest BCUT2D eigenvalue weighted by molar-refractivity contribution is 5.80. The fourth-order valence-electron chi connectivity index (χ4n) is 0.769. The average molecular weight is 159 g/mol. The van der Waals surface area contributed by atoms with E-state index < -0.39 is 0 Å². The van der Waals surface area contributed by atoms with E-state index in [9.17, 15) is 4.79 Å². The van der Waals surface area contributed by atoms with Gasteiger partial charge in [0.05, 0.1) is 13.2 Å². The fourth-order valence-corrected chi connectivity index (χ4v) is 0.769. The lowest BCUT2D eigenvalue weighted by Crippen LogP contribution is -2.25. The van der Waals surface area contributed by atoms with Crippen LogP contribution in [0.5, 0.6) is 0 Å². The lowest BCUT2D eigenvalue weighted by Gasteiger charge is -2.01. The second kappa shape index (κ2) is 7.69. The van der Waals surface area contributed by atoms with Gasteiger partial charge < -0.3 is 10.1 Å². The van der Waals surface area contributed by atoms with Gasteiger partial charge in [-0.2, -0.15) is 0 Å². The molecule has 0 aliphatic rings. The number of ketones is 1. The molecule has 3 heteroatoms. The maximum absolute atomic E-state index is 10.9. The molecular formula is C8H17NO2. The van der Waals surface area contributed by atoms with Crippen molar-refractivity contribution in [2.45, 2.75) is 19.8 Å². The molecule has 0 aliphatic carbocycles. The van der Waals surface area contributed by atoms with Crippen LogP contribution in [-0.2, 0) is 9.53 Å². The predicted octanol–water partition coefficient (Wildman–Crippen LogP) is 0.592. The molecule has 0 atom stereocenters. The van der Waals surface area contributed by atoms with E-state index in [0.717, 1.165) is 13.0 Å². The van der Waals surface area contributed by atoms with Crippen LogP contribution in [0.2, 0.25) is 0 Å². The molecule has 0 aromatic carbocycles. The van der Waals surface area contributed by atoms with Crippen molar-refractivity contribution in [2.75, 3.05) is 26.8 Å². The highest BCUT2D eigenvalue weighted by atomic mass is 16.5. The Kier molecular flexibility index (Phi) is 7.41. The van der Waals surface area contributed by atoms with E-state index >= 15 is 0 Å². The quantitative estimate of drug-likeness (QED) is 0.552. The second-order valence-electron chi connectivity index (χ2n) is 2.46. The Hall–Kier alpha value is -0.410. The van der Waals surface area contributed by atoms with E-state index in [4.69, 9.17) is 4.74 Å². The average Bonchev–Trinajstić information content (AvgIpc) is 1.99. The fraction of sp³-hybridized carbons (Fsp3) is 0.875. The van der Waals surface area contributed by atoms with E-state index in [1.807, 2.05) is 6.92 Å². The monoisotopic (exact) mass is 159 g/mol. The summed E-state index contributed by atoms with van der Waals surface area (Å²) >= 11 is 0. The number of rotatable bonds is 7. The SMILES string of the molecule is CCCC(=O)CNCCOC. The number of hydrogen-bond acceptors (Lipinski definition) is 3. The summed E-state index contributed by atoms with van der Waals surface area (Å²) in [6.07, 6.45) is 1.62. The van der Waals surface area contributed by atoms with E-state index in [1.165, 1.54) is 0 Å². The van der Waals surface area contributed by atoms with Gasteiger partial charge in [0.1, 0.15) is 5.78 Å². The molecule has 0 saturated carbocycles. The molecule has 0 radical (unpaired) electrons. The van der Waals surface area contributed by atoms with Gasteiger partial charge in [-0.1, -0.05) is 6.92 Å². The van der Waals surface area contributed by atoms with Gasteiger partial charge in [0, 0.05) is 20.1 Å². The van der Waals surface area contributed by atoms with E-state index in [2.05, 4.69) is 5.32 Å². The molecule has 11 heavy (non-hydrogen) atoms. The summed E-state index contributed by atoms with van der Waals surface area (Å²) < 4.78 is 4.81. The molecule has 0 unspecified atom stereocenters. The molecule has 0 amide bonds. The van der Waals surface area contributed by atoms with E-state index in [1.54, 1.807) is 7.11 Å². The molecular weight excluding hydrogens is 142 g/mol. The molecule has 0 rings (SSSR count). The lowest BCUT2D eigenvalue weighted by molar-refractivity contribution is -0.118. The summed E-state index contributed by atoms with van der Waals surface area (Å²) in [6, 6.07) is 0. The minimum absolute atomic E-state index is 0.281. The normalized spacial score (nSPS) is 10.0. The van der Waals surface area contributed by atoms with Crippen molar-refractivity contribution in [3.63, 3.8) is 0 Å². The van der Waals surface area contributed by atoms with Crippen LogP contribution < -0.4 is 5.32 Å². The van der Waals surface area contributed by atoms with Gasteiger partial charge in [-0.05, 0) is 6.42 Å². The Balaban J connectivity index is 3.04. The van der Waals surface area contributed by atoms with Crippen LogP contribution in [-0.4, -0.2) is 32.6 Å². The lowest BCUT2D eigenvalue weighted by atomic mass is 10.2. The van der Waals surface area contributed by atoms with Crippen LogP contribution in [0.15, 0.2) is 0 Å². The number of nitrogens with one attached hydrogen (secondary N) is 1. The van der Waals surface area contributed by atoms with Gasteiger partial charge >= 0.3 is 0 Å². The summed E-state index contributed by atoms with van der Waals surface area (Å²) in [4.78, 5) is 10.9.